The summed E-state index contributed by atoms with van der Waals surface area (Å²) in [5.74, 6) is 0.314. The van der Waals surface area contributed by atoms with E-state index in [1.165, 1.54) is 10.8 Å². The highest BCUT2D eigenvalue weighted by molar-refractivity contribution is 7.89. The van der Waals surface area contributed by atoms with E-state index in [4.69, 9.17) is 5.14 Å². The first kappa shape index (κ1) is 14.5. The Labute approximate surface area is 117 Å². The topological polar surface area (TPSA) is 117 Å². The van der Waals surface area contributed by atoms with Gasteiger partial charge in [0, 0.05) is 11.7 Å². The molecule has 108 valence electrons. The SMILES string of the molecule is Cc1cnc(-c2nnc(S(N)(=O)=O)n2C(C)(C)C)cn1. The summed E-state index contributed by atoms with van der Waals surface area (Å²) in [7, 11) is -3.97. The highest BCUT2D eigenvalue weighted by Crippen LogP contribution is 2.26. The minimum Gasteiger partial charge on any atom is -0.290 e. The van der Waals surface area contributed by atoms with Gasteiger partial charge < -0.3 is 0 Å². The molecule has 0 bridgehead atoms. The highest BCUT2D eigenvalue weighted by Gasteiger charge is 2.29. The molecule has 0 aliphatic rings. The fraction of sp³-hybridized carbons (Fsp3) is 0.455. The van der Waals surface area contributed by atoms with E-state index in [2.05, 4.69) is 20.2 Å². The maximum Gasteiger partial charge on any atom is 0.273 e. The van der Waals surface area contributed by atoms with Crippen LogP contribution in [0.3, 0.4) is 0 Å². The summed E-state index contributed by atoms with van der Waals surface area (Å²) >= 11 is 0. The Bertz CT molecular complexity index is 727. The molecule has 0 aliphatic carbocycles. The molecule has 0 aromatic carbocycles. The molecule has 0 spiro atoms. The van der Waals surface area contributed by atoms with Crippen molar-refractivity contribution in [1.29, 1.82) is 0 Å². The van der Waals surface area contributed by atoms with E-state index >= 15 is 0 Å². The molecular formula is C11H16N6O2S. The molecular weight excluding hydrogens is 280 g/mol. The molecule has 0 saturated carbocycles. The zero-order valence-electron chi connectivity index (χ0n) is 11.7. The maximum atomic E-state index is 11.6. The Morgan fingerprint density at radius 2 is 1.80 bits per heavy atom. The Balaban J connectivity index is 2.72. The predicted octanol–water partition coefficient (Wildman–Crippen LogP) is 0.446. The van der Waals surface area contributed by atoms with Crippen molar-refractivity contribution in [3.8, 4) is 11.5 Å². The first-order valence-corrected chi connectivity index (χ1v) is 7.43. The number of aryl methyl sites for hydroxylation is 1. The molecule has 2 aromatic rings. The second kappa shape index (κ2) is 4.60. The van der Waals surface area contributed by atoms with Gasteiger partial charge in [0.1, 0.15) is 5.69 Å². The van der Waals surface area contributed by atoms with Gasteiger partial charge in [-0.3, -0.25) is 9.55 Å². The van der Waals surface area contributed by atoms with Crippen LogP contribution in [0.4, 0.5) is 0 Å². The van der Waals surface area contributed by atoms with Crippen molar-refractivity contribution in [3.05, 3.63) is 18.1 Å². The zero-order chi connectivity index (χ0) is 15.1. The zero-order valence-corrected chi connectivity index (χ0v) is 12.5. The van der Waals surface area contributed by atoms with Crippen molar-refractivity contribution >= 4 is 10.0 Å². The van der Waals surface area contributed by atoms with E-state index in [9.17, 15) is 8.42 Å². The van der Waals surface area contributed by atoms with Crippen molar-refractivity contribution in [2.24, 2.45) is 5.14 Å². The molecule has 0 atom stereocenters. The highest BCUT2D eigenvalue weighted by atomic mass is 32.2. The van der Waals surface area contributed by atoms with Crippen molar-refractivity contribution in [2.45, 2.75) is 38.4 Å². The van der Waals surface area contributed by atoms with Crippen molar-refractivity contribution in [3.63, 3.8) is 0 Å². The monoisotopic (exact) mass is 296 g/mol. The van der Waals surface area contributed by atoms with E-state index < -0.39 is 15.6 Å². The molecule has 2 aromatic heterocycles. The Morgan fingerprint density at radius 1 is 1.15 bits per heavy atom. The minimum absolute atomic E-state index is 0.289. The quantitative estimate of drug-likeness (QED) is 0.859. The number of nitrogens with zero attached hydrogens (tertiary/aromatic N) is 5. The van der Waals surface area contributed by atoms with Crippen LogP contribution in [0, 0.1) is 6.92 Å². The number of aromatic nitrogens is 5. The maximum absolute atomic E-state index is 11.6. The van der Waals surface area contributed by atoms with Crippen LogP contribution in [-0.4, -0.2) is 33.2 Å². The van der Waals surface area contributed by atoms with Crippen LogP contribution in [0.2, 0.25) is 0 Å². The van der Waals surface area contributed by atoms with Gasteiger partial charge in [0.15, 0.2) is 5.82 Å². The Kier molecular flexibility index (Phi) is 3.34. The lowest BCUT2D eigenvalue weighted by Crippen LogP contribution is -2.29. The lowest BCUT2D eigenvalue weighted by Gasteiger charge is -2.23. The minimum atomic E-state index is -3.97. The third kappa shape index (κ3) is 2.68. The summed E-state index contributed by atoms with van der Waals surface area (Å²) < 4.78 is 24.7. The summed E-state index contributed by atoms with van der Waals surface area (Å²) in [5.41, 5.74) is 0.614. The van der Waals surface area contributed by atoms with Crippen LogP contribution in [0.5, 0.6) is 0 Å². The van der Waals surface area contributed by atoms with Gasteiger partial charge in [-0.15, -0.1) is 10.2 Å². The van der Waals surface area contributed by atoms with Crippen molar-refractivity contribution < 1.29 is 8.42 Å². The number of sulfonamides is 1. The molecule has 0 radical (unpaired) electrons. The van der Waals surface area contributed by atoms with Crippen LogP contribution >= 0.6 is 0 Å². The van der Waals surface area contributed by atoms with E-state index in [0.29, 0.717) is 11.5 Å². The summed E-state index contributed by atoms with van der Waals surface area (Å²) in [6.07, 6.45) is 3.10. The first-order chi connectivity index (χ1) is 9.10. The summed E-state index contributed by atoms with van der Waals surface area (Å²) in [6, 6.07) is 0. The molecule has 2 rings (SSSR count). The van der Waals surface area contributed by atoms with Gasteiger partial charge in [0.05, 0.1) is 11.9 Å². The van der Waals surface area contributed by atoms with Gasteiger partial charge in [-0.05, 0) is 27.7 Å². The van der Waals surface area contributed by atoms with Crippen LogP contribution in [0.25, 0.3) is 11.5 Å². The molecule has 2 N–H and O–H groups in total. The Hall–Kier alpha value is -1.87. The predicted molar refractivity (Wildman–Crippen MR) is 72.2 cm³/mol. The second-order valence-electron chi connectivity index (χ2n) is 5.40. The average molecular weight is 296 g/mol. The van der Waals surface area contributed by atoms with Crippen molar-refractivity contribution in [2.75, 3.05) is 0 Å². The van der Waals surface area contributed by atoms with Crippen LogP contribution < -0.4 is 5.14 Å². The standard InChI is InChI=1S/C11H16N6O2S/c1-7-5-14-8(6-13-7)9-15-16-10(20(12,18)19)17(9)11(2,3)4/h5-6H,1-4H3,(H2,12,18,19). The number of hydrogen-bond acceptors (Lipinski definition) is 6. The normalized spacial score (nSPS) is 12.7. The fourth-order valence-corrected chi connectivity index (χ4v) is 2.50. The number of primary sulfonamides is 1. The van der Waals surface area contributed by atoms with Gasteiger partial charge >= 0.3 is 0 Å². The number of nitrogens with two attached hydrogens (primary N) is 1. The van der Waals surface area contributed by atoms with Gasteiger partial charge in [0.25, 0.3) is 15.2 Å². The second-order valence-corrected chi connectivity index (χ2v) is 6.86. The summed E-state index contributed by atoms with van der Waals surface area (Å²) in [5, 5.41) is 12.5. The summed E-state index contributed by atoms with van der Waals surface area (Å²) in [4.78, 5) is 8.32. The molecule has 0 fully saturated rings. The number of rotatable bonds is 2. The van der Waals surface area contributed by atoms with Crippen LogP contribution in [0.1, 0.15) is 26.5 Å². The molecule has 0 amide bonds. The Morgan fingerprint density at radius 3 is 2.25 bits per heavy atom. The first-order valence-electron chi connectivity index (χ1n) is 5.88. The van der Waals surface area contributed by atoms with Gasteiger partial charge in [0.2, 0.25) is 0 Å². The van der Waals surface area contributed by atoms with Crippen molar-refractivity contribution in [1.82, 2.24) is 24.7 Å². The molecule has 20 heavy (non-hydrogen) atoms. The van der Waals surface area contributed by atoms with E-state index in [1.807, 2.05) is 20.8 Å². The summed E-state index contributed by atoms with van der Waals surface area (Å²) in [6.45, 7) is 7.30. The third-order valence-electron chi connectivity index (χ3n) is 2.57. The van der Waals surface area contributed by atoms with Crippen LogP contribution in [-0.2, 0) is 15.6 Å². The average Bonchev–Trinajstić information content (AvgIpc) is 2.73. The van der Waals surface area contributed by atoms with Gasteiger partial charge in [-0.25, -0.2) is 18.5 Å². The van der Waals surface area contributed by atoms with Gasteiger partial charge in [-0.1, -0.05) is 0 Å². The lowest BCUT2D eigenvalue weighted by molar-refractivity contribution is 0.365. The smallest absolute Gasteiger partial charge is 0.273 e. The molecule has 8 nitrogen and oxygen atoms in total. The molecule has 0 unspecified atom stereocenters. The van der Waals surface area contributed by atoms with Gasteiger partial charge in [-0.2, -0.15) is 0 Å². The van der Waals surface area contributed by atoms with E-state index in [1.54, 1.807) is 13.1 Å². The van der Waals surface area contributed by atoms with E-state index in [0.717, 1.165) is 5.69 Å². The van der Waals surface area contributed by atoms with E-state index in [-0.39, 0.29) is 5.16 Å². The fourth-order valence-electron chi connectivity index (χ4n) is 1.73. The largest absolute Gasteiger partial charge is 0.290 e. The third-order valence-corrected chi connectivity index (χ3v) is 3.34. The molecule has 2 heterocycles. The molecule has 9 heteroatoms. The van der Waals surface area contributed by atoms with Crippen LogP contribution in [0.15, 0.2) is 17.6 Å². The molecule has 0 aliphatic heterocycles. The number of hydrogen-bond donors (Lipinski definition) is 1. The molecule has 0 saturated heterocycles. The lowest BCUT2D eigenvalue weighted by atomic mass is 10.1.